The first-order valence-corrected chi connectivity index (χ1v) is 14.8. The first-order valence-electron chi connectivity index (χ1n) is 14.8. The van der Waals surface area contributed by atoms with Gasteiger partial charge in [-0.05, 0) is 42.9 Å². The van der Waals surface area contributed by atoms with Gasteiger partial charge in [-0.15, -0.1) is 0 Å². The molecule has 0 aliphatic heterocycles. The minimum atomic E-state index is -0.618. The van der Waals surface area contributed by atoms with Crippen molar-refractivity contribution in [2.24, 2.45) is 16.3 Å². The number of hydrogen-bond donors (Lipinski definition) is 0. The molecule has 42 heavy (non-hydrogen) atoms. The molecule has 1 aliphatic rings. The second kappa shape index (κ2) is 15.0. The average Bonchev–Trinajstić information content (AvgIpc) is 2.97. The summed E-state index contributed by atoms with van der Waals surface area (Å²) in [6.07, 6.45) is 9.20. The smallest absolute Gasteiger partial charge is 0.343 e. The number of pyridine rings is 1. The van der Waals surface area contributed by atoms with Crippen molar-refractivity contribution < 1.29 is 19.0 Å². The van der Waals surface area contributed by atoms with Crippen LogP contribution in [0.4, 0.5) is 0 Å². The molecule has 0 bridgehead atoms. The molecule has 0 radical (unpaired) electrons. The summed E-state index contributed by atoms with van der Waals surface area (Å²) in [4.78, 5) is 31.1. The number of rotatable bonds is 13. The number of benzene rings is 1. The molecule has 1 aromatic heterocycles. The van der Waals surface area contributed by atoms with Crippen molar-refractivity contribution in [1.82, 2.24) is 4.57 Å². The number of esters is 1. The van der Waals surface area contributed by atoms with Crippen LogP contribution in [-0.2, 0) is 20.8 Å². The molecule has 2 unspecified atom stereocenters. The lowest BCUT2D eigenvalue weighted by Crippen LogP contribution is -2.34. The number of aromatic nitrogens is 1. The molecule has 226 valence electrons. The van der Waals surface area contributed by atoms with Crippen molar-refractivity contribution in [3.05, 3.63) is 99.2 Å². The van der Waals surface area contributed by atoms with Crippen LogP contribution in [0.25, 0.3) is 5.57 Å². The Morgan fingerprint density at radius 3 is 2.40 bits per heavy atom. The van der Waals surface area contributed by atoms with E-state index in [1.165, 1.54) is 0 Å². The summed E-state index contributed by atoms with van der Waals surface area (Å²) in [6, 6.07) is 11.5. The van der Waals surface area contributed by atoms with E-state index in [0.717, 1.165) is 41.0 Å². The van der Waals surface area contributed by atoms with E-state index >= 15 is 0 Å². The summed E-state index contributed by atoms with van der Waals surface area (Å²) in [5.74, 6) is 0.119. The first kappa shape index (κ1) is 32.8. The summed E-state index contributed by atoms with van der Waals surface area (Å²) in [6.45, 7) is 13.5. The number of carbonyl (C=O) groups excluding carboxylic acids is 1. The fourth-order valence-corrected chi connectivity index (χ4v) is 5.66. The lowest BCUT2D eigenvalue weighted by Gasteiger charge is -2.38. The average molecular weight is 575 g/mol. The molecule has 1 aliphatic carbocycles. The normalized spacial score (nSPS) is 17.0. The van der Waals surface area contributed by atoms with E-state index in [2.05, 4.69) is 44.2 Å². The highest BCUT2D eigenvalue weighted by Crippen LogP contribution is 2.40. The Morgan fingerprint density at radius 2 is 1.81 bits per heavy atom. The predicted octanol–water partition coefficient (Wildman–Crippen LogP) is 7.19. The number of nitrogens with zero attached hydrogens (tertiary/aromatic N) is 2. The molecular formula is C35H46N2O5. The Hall–Kier alpha value is -3.71. The third-order valence-corrected chi connectivity index (χ3v) is 7.85. The maximum absolute atomic E-state index is 13.5. The topological polar surface area (TPSA) is 79.1 Å². The van der Waals surface area contributed by atoms with Gasteiger partial charge in [0, 0.05) is 49.1 Å². The molecule has 2 atom stereocenters. The van der Waals surface area contributed by atoms with Crippen LogP contribution >= 0.6 is 0 Å². The predicted molar refractivity (Wildman–Crippen MR) is 170 cm³/mol. The number of aliphatic imine (C=N–C) groups is 1. The van der Waals surface area contributed by atoms with Gasteiger partial charge in [0.15, 0.2) is 5.43 Å². The molecule has 3 rings (SSSR count). The van der Waals surface area contributed by atoms with Gasteiger partial charge in [0.25, 0.3) is 0 Å². The number of carbonyl (C=O) groups is 1. The highest BCUT2D eigenvalue weighted by atomic mass is 16.5. The zero-order chi connectivity index (χ0) is 30.9. The quantitative estimate of drug-likeness (QED) is 0.237. The molecule has 1 heterocycles. The van der Waals surface area contributed by atoms with E-state index in [-0.39, 0.29) is 35.0 Å². The van der Waals surface area contributed by atoms with Crippen molar-refractivity contribution in [1.29, 1.82) is 0 Å². The van der Waals surface area contributed by atoms with Gasteiger partial charge in [-0.3, -0.25) is 9.79 Å². The monoisotopic (exact) mass is 574 g/mol. The largest absolute Gasteiger partial charge is 0.487 e. The zero-order valence-corrected chi connectivity index (χ0v) is 26.4. The van der Waals surface area contributed by atoms with Gasteiger partial charge < -0.3 is 18.8 Å². The maximum atomic E-state index is 13.5. The molecule has 0 amide bonds. The number of allylic oxidation sites excluding steroid dienone is 5. The van der Waals surface area contributed by atoms with E-state index in [0.29, 0.717) is 19.0 Å². The van der Waals surface area contributed by atoms with E-state index in [1.807, 2.05) is 48.6 Å². The summed E-state index contributed by atoms with van der Waals surface area (Å²) in [7, 11) is 3.45. The van der Waals surface area contributed by atoms with E-state index in [9.17, 15) is 9.59 Å². The number of hydrogen-bond acceptors (Lipinski definition) is 6. The lowest BCUT2D eigenvalue weighted by molar-refractivity contribution is 0.0515. The van der Waals surface area contributed by atoms with Gasteiger partial charge in [-0.2, -0.15) is 0 Å². The van der Waals surface area contributed by atoms with Crippen LogP contribution in [0.15, 0.2) is 81.9 Å². The third-order valence-electron chi connectivity index (χ3n) is 7.85. The Bertz CT molecular complexity index is 1410. The second-order valence-corrected chi connectivity index (χ2v) is 11.3. The van der Waals surface area contributed by atoms with Crippen molar-refractivity contribution in [2.45, 2.75) is 67.0 Å². The number of ether oxygens (including phenoxy) is 3. The van der Waals surface area contributed by atoms with Gasteiger partial charge in [0.1, 0.15) is 23.6 Å². The van der Waals surface area contributed by atoms with Crippen LogP contribution in [0.3, 0.4) is 0 Å². The van der Waals surface area contributed by atoms with Crippen LogP contribution in [-0.4, -0.2) is 43.6 Å². The fourth-order valence-electron chi connectivity index (χ4n) is 5.66. The molecule has 0 spiro atoms. The van der Waals surface area contributed by atoms with Crippen molar-refractivity contribution in [3.63, 3.8) is 0 Å². The summed E-state index contributed by atoms with van der Waals surface area (Å²) < 4.78 is 19.3. The molecule has 7 nitrogen and oxygen atoms in total. The fraction of sp³-hybridized carbons (Fsp3) is 0.457. The molecule has 0 saturated carbocycles. The molecule has 7 heteroatoms. The van der Waals surface area contributed by atoms with Gasteiger partial charge in [-0.1, -0.05) is 77.1 Å². The summed E-state index contributed by atoms with van der Waals surface area (Å²) in [5, 5.41) is 0. The molecule has 0 fully saturated rings. The van der Waals surface area contributed by atoms with Gasteiger partial charge in [0.05, 0.1) is 13.2 Å². The van der Waals surface area contributed by atoms with Gasteiger partial charge >= 0.3 is 5.97 Å². The van der Waals surface area contributed by atoms with Crippen LogP contribution in [0.2, 0.25) is 0 Å². The minimum absolute atomic E-state index is 0.0242. The molecule has 2 aromatic rings. The summed E-state index contributed by atoms with van der Waals surface area (Å²) >= 11 is 0. The standard InChI is InChI=1S/C35H46N2O5/c1-9-24(4)32(26-18-15-19-30(33(26)36-7)42-22-25-16-13-12-14-17-25)28-20-29(38)27(34(39)41-11-3)21-37(28)31(10-2)35(5,6)23-40-8/h12-21,24,31H,9-11,22-23H2,1-8H3/b32-26+,36-33?. The van der Waals surface area contributed by atoms with Crippen LogP contribution < -0.4 is 5.43 Å². The van der Waals surface area contributed by atoms with Crippen LogP contribution in [0.1, 0.15) is 82.0 Å². The molecule has 0 saturated heterocycles. The van der Waals surface area contributed by atoms with Crippen LogP contribution in [0, 0.1) is 11.3 Å². The number of methoxy groups -OCH3 is 1. The van der Waals surface area contributed by atoms with E-state index < -0.39 is 5.97 Å². The molecule has 0 N–H and O–H groups in total. The molecular weight excluding hydrogens is 528 g/mol. The molecule has 1 aromatic carbocycles. The maximum Gasteiger partial charge on any atom is 0.343 e. The Balaban J connectivity index is 2.29. The Labute approximate surface area is 250 Å². The first-order chi connectivity index (χ1) is 20.1. The van der Waals surface area contributed by atoms with E-state index in [4.69, 9.17) is 14.2 Å². The Kier molecular flexibility index (Phi) is 11.7. The second-order valence-electron chi connectivity index (χ2n) is 11.3. The van der Waals surface area contributed by atoms with Gasteiger partial charge in [-0.25, -0.2) is 4.79 Å². The highest BCUT2D eigenvalue weighted by molar-refractivity contribution is 6.18. The lowest BCUT2D eigenvalue weighted by atomic mass is 9.81. The minimum Gasteiger partial charge on any atom is -0.487 e. The van der Waals surface area contributed by atoms with Crippen molar-refractivity contribution in [2.75, 3.05) is 27.4 Å². The Morgan fingerprint density at radius 1 is 1.10 bits per heavy atom. The van der Waals surface area contributed by atoms with Crippen molar-refractivity contribution in [3.8, 4) is 0 Å². The summed E-state index contributed by atoms with van der Waals surface area (Å²) in [5.41, 5.74) is 3.76. The third kappa shape index (κ3) is 7.37. The zero-order valence-electron chi connectivity index (χ0n) is 26.4. The van der Waals surface area contributed by atoms with Crippen LogP contribution in [0.5, 0.6) is 0 Å². The van der Waals surface area contributed by atoms with E-state index in [1.54, 1.807) is 33.3 Å². The highest BCUT2D eigenvalue weighted by Gasteiger charge is 2.34. The SMILES string of the molecule is CCOC(=O)c1cn(C(CC)C(C)(C)COC)c(/C(=C2\C=CC=C(OCc3ccccc3)C2=NC)C(C)CC)cc1=O. The van der Waals surface area contributed by atoms with Crippen molar-refractivity contribution >= 4 is 17.3 Å². The van der Waals surface area contributed by atoms with Gasteiger partial charge in [0.2, 0.25) is 0 Å².